The van der Waals surface area contributed by atoms with Crippen LogP contribution in [0.4, 0.5) is 5.82 Å². The molecule has 1 aromatic heterocycles. The van der Waals surface area contributed by atoms with Crippen LogP contribution in [0, 0.1) is 0 Å². The fraction of sp³-hybridized carbons (Fsp3) is 0.308. The average Bonchev–Trinajstić information content (AvgIpc) is 3.33. The second-order valence-corrected chi connectivity index (χ2v) is 7.50. The molecule has 1 heterocycles. The molecular formula is C26H29N3O9. The summed E-state index contributed by atoms with van der Waals surface area (Å²) in [5.74, 6) is -0.0207. The minimum absolute atomic E-state index is 0.0444. The molecule has 12 heteroatoms. The fourth-order valence-corrected chi connectivity index (χ4v) is 3.26. The van der Waals surface area contributed by atoms with E-state index in [0.29, 0.717) is 23.0 Å². The SMILES string of the molecule is CCOC(=O)c1cnn(CCOC(=O)COc2ccccc2OC)c1NC(=O)COc1ccccc1OC. The van der Waals surface area contributed by atoms with Gasteiger partial charge in [-0.3, -0.25) is 4.79 Å². The van der Waals surface area contributed by atoms with Gasteiger partial charge in [0.25, 0.3) is 5.91 Å². The molecule has 0 aliphatic rings. The van der Waals surface area contributed by atoms with Crippen molar-refractivity contribution in [2.45, 2.75) is 13.5 Å². The molecular weight excluding hydrogens is 498 g/mol. The number of esters is 2. The molecule has 12 nitrogen and oxygen atoms in total. The number of para-hydroxylation sites is 4. The van der Waals surface area contributed by atoms with Crippen LogP contribution in [-0.4, -0.2) is 68.3 Å². The lowest BCUT2D eigenvalue weighted by Gasteiger charge is -2.13. The predicted molar refractivity (Wildman–Crippen MR) is 135 cm³/mol. The lowest BCUT2D eigenvalue weighted by Crippen LogP contribution is -2.25. The van der Waals surface area contributed by atoms with Gasteiger partial charge >= 0.3 is 11.9 Å². The first kappa shape index (κ1) is 27.8. The van der Waals surface area contributed by atoms with Gasteiger partial charge in [0.1, 0.15) is 18.0 Å². The van der Waals surface area contributed by atoms with Crippen molar-refractivity contribution in [1.29, 1.82) is 0 Å². The minimum atomic E-state index is -0.665. The molecule has 0 fully saturated rings. The van der Waals surface area contributed by atoms with Gasteiger partial charge in [-0.2, -0.15) is 5.10 Å². The topological polar surface area (TPSA) is 136 Å². The van der Waals surface area contributed by atoms with Gasteiger partial charge in [-0.1, -0.05) is 24.3 Å². The van der Waals surface area contributed by atoms with E-state index in [2.05, 4.69) is 10.4 Å². The summed E-state index contributed by atoms with van der Waals surface area (Å²) >= 11 is 0. The largest absolute Gasteiger partial charge is 0.493 e. The van der Waals surface area contributed by atoms with Gasteiger partial charge in [0.15, 0.2) is 36.2 Å². The van der Waals surface area contributed by atoms with E-state index in [9.17, 15) is 14.4 Å². The molecule has 1 N–H and O–H groups in total. The molecule has 3 rings (SSSR count). The van der Waals surface area contributed by atoms with Crippen molar-refractivity contribution in [3.63, 3.8) is 0 Å². The van der Waals surface area contributed by atoms with Crippen molar-refractivity contribution >= 4 is 23.7 Å². The van der Waals surface area contributed by atoms with Crippen molar-refractivity contribution in [2.75, 3.05) is 46.0 Å². The van der Waals surface area contributed by atoms with Crippen molar-refractivity contribution in [2.24, 2.45) is 0 Å². The molecule has 0 aliphatic heterocycles. The number of hydrogen-bond acceptors (Lipinski definition) is 10. The second kappa shape index (κ2) is 14.1. The Kier molecular flexibility index (Phi) is 10.3. The number of amides is 1. The molecule has 0 saturated carbocycles. The van der Waals surface area contributed by atoms with Crippen LogP contribution in [0.15, 0.2) is 54.7 Å². The van der Waals surface area contributed by atoms with Crippen molar-refractivity contribution < 1.29 is 42.8 Å². The number of carbonyl (C=O) groups excluding carboxylic acids is 3. The van der Waals surface area contributed by atoms with E-state index in [1.54, 1.807) is 55.5 Å². The number of nitrogens with one attached hydrogen (secondary N) is 1. The predicted octanol–water partition coefficient (Wildman–Crippen LogP) is 2.72. The van der Waals surface area contributed by atoms with E-state index in [1.165, 1.54) is 25.1 Å². The Morgan fingerprint density at radius 3 is 2.00 bits per heavy atom. The maximum atomic E-state index is 12.6. The molecule has 0 aliphatic carbocycles. The summed E-state index contributed by atoms with van der Waals surface area (Å²) < 4.78 is 33.0. The summed E-state index contributed by atoms with van der Waals surface area (Å²) in [5, 5.41) is 6.75. The van der Waals surface area contributed by atoms with Gasteiger partial charge in [-0.05, 0) is 31.2 Å². The van der Waals surface area contributed by atoms with E-state index >= 15 is 0 Å². The number of anilines is 1. The van der Waals surface area contributed by atoms with E-state index in [0.717, 1.165) is 0 Å². The van der Waals surface area contributed by atoms with Gasteiger partial charge in [0.05, 0.1) is 33.6 Å². The van der Waals surface area contributed by atoms with Crippen LogP contribution >= 0.6 is 0 Å². The third kappa shape index (κ3) is 7.63. The first-order valence-corrected chi connectivity index (χ1v) is 11.7. The van der Waals surface area contributed by atoms with E-state index in [4.69, 9.17) is 28.4 Å². The molecule has 0 saturated heterocycles. The van der Waals surface area contributed by atoms with Gasteiger partial charge in [-0.15, -0.1) is 0 Å². The number of rotatable bonds is 14. The van der Waals surface area contributed by atoms with Crippen molar-refractivity contribution in [1.82, 2.24) is 9.78 Å². The van der Waals surface area contributed by atoms with Crippen molar-refractivity contribution in [3.05, 3.63) is 60.3 Å². The van der Waals surface area contributed by atoms with Crippen LogP contribution in [0.25, 0.3) is 0 Å². The highest BCUT2D eigenvalue weighted by Crippen LogP contribution is 2.26. The van der Waals surface area contributed by atoms with Crippen LogP contribution in [0.1, 0.15) is 17.3 Å². The first-order valence-electron chi connectivity index (χ1n) is 11.7. The Bertz CT molecular complexity index is 1240. The van der Waals surface area contributed by atoms with E-state index < -0.39 is 17.8 Å². The van der Waals surface area contributed by atoms with Gasteiger partial charge in [-0.25, -0.2) is 14.3 Å². The zero-order valence-electron chi connectivity index (χ0n) is 21.3. The Hall–Kier alpha value is -4.74. The maximum Gasteiger partial charge on any atom is 0.344 e. The zero-order chi connectivity index (χ0) is 27.3. The standard InChI is InChI=1S/C26H29N3O9/c1-4-35-26(32)18-15-27-29(13-14-36-24(31)17-38-22-12-8-6-10-20(22)34-3)25(18)28-23(30)16-37-21-11-7-5-9-19(21)33-2/h5-12,15H,4,13-14,16-17H2,1-3H3,(H,28,30). The number of methoxy groups -OCH3 is 2. The van der Waals surface area contributed by atoms with Gasteiger partial charge in [0, 0.05) is 0 Å². The highest BCUT2D eigenvalue weighted by molar-refractivity contribution is 6.00. The summed E-state index contributed by atoms with van der Waals surface area (Å²) in [7, 11) is 2.99. The summed E-state index contributed by atoms with van der Waals surface area (Å²) in [6, 6.07) is 13.8. The minimum Gasteiger partial charge on any atom is -0.493 e. The summed E-state index contributed by atoms with van der Waals surface area (Å²) in [5.41, 5.74) is 0.0447. The van der Waals surface area contributed by atoms with E-state index in [1.807, 2.05) is 0 Å². The third-order valence-electron chi connectivity index (χ3n) is 5.00. The highest BCUT2D eigenvalue weighted by Gasteiger charge is 2.21. The summed E-state index contributed by atoms with van der Waals surface area (Å²) in [4.78, 5) is 37.2. The molecule has 38 heavy (non-hydrogen) atoms. The molecule has 0 atom stereocenters. The third-order valence-corrected chi connectivity index (χ3v) is 5.00. The number of hydrogen-bond donors (Lipinski definition) is 1. The lowest BCUT2D eigenvalue weighted by atomic mass is 10.3. The molecule has 2 aromatic carbocycles. The Morgan fingerprint density at radius 1 is 0.842 bits per heavy atom. The number of nitrogens with zero attached hydrogens (tertiary/aromatic N) is 2. The summed E-state index contributed by atoms with van der Waals surface area (Å²) in [6.07, 6.45) is 1.27. The van der Waals surface area contributed by atoms with Gasteiger partial charge in [0.2, 0.25) is 0 Å². The molecule has 0 unspecified atom stereocenters. The lowest BCUT2D eigenvalue weighted by molar-refractivity contribution is -0.146. The van der Waals surface area contributed by atoms with Crippen LogP contribution in [0.5, 0.6) is 23.0 Å². The normalized spacial score (nSPS) is 10.3. The quantitative estimate of drug-likeness (QED) is 0.312. The second-order valence-electron chi connectivity index (χ2n) is 7.50. The van der Waals surface area contributed by atoms with Crippen LogP contribution in [0.3, 0.4) is 0 Å². The van der Waals surface area contributed by atoms with Crippen LogP contribution in [0.2, 0.25) is 0 Å². The molecule has 1 amide bonds. The molecule has 0 spiro atoms. The number of aromatic nitrogens is 2. The van der Waals surface area contributed by atoms with Crippen molar-refractivity contribution in [3.8, 4) is 23.0 Å². The van der Waals surface area contributed by atoms with E-state index in [-0.39, 0.29) is 44.4 Å². The van der Waals surface area contributed by atoms with Crippen LogP contribution in [-0.2, 0) is 25.6 Å². The fourth-order valence-electron chi connectivity index (χ4n) is 3.26. The average molecular weight is 528 g/mol. The Balaban J connectivity index is 1.59. The Morgan fingerprint density at radius 2 is 1.42 bits per heavy atom. The number of benzene rings is 2. The molecule has 3 aromatic rings. The first-order chi connectivity index (χ1) is 18.5. The smallest absolute Gasteiger partial charge is 0.344 e. The van der Waals surface area contributed by atoms with Crippen LogP contribution < -0.4 is 24.3 Å². The molecule has 0 radical (unpaired) electrons. The zero-order valence-corrected chi connectivity index (χ0v) is 21.3. The monoisotopic (exact) mass is 527 g/mol. The molecule has 202 valence electrons. The number of ether oxygens (including phenoxy) is 6. The summed E-state index contributed by atoms with van der Waals surface area (Å²) in [6.45, 7) is 1.05. The molecule has 0 bridgehead atoms. The maximum absolute atomic E-state index is 12.6. The Labute approximate surface area is 219 Å². The van der Waals surface area contributed by atoms with Gasteiger partial charge < -0.3 is 33.7 Å². The highest BCUT2D eigenvalue weighted by atomic mass is 16.6. The number of carbonyl (C=O) groups is 3.